The largest absolute Gasteiger partial charge is 0.346 e. The number of nitrogens with zero attached hydrogens (tertiary/aromatic N) is 4. The summed E-state index contributed by atoms with van der Waals surface area (Å²) in [5, 5.41) is 7.09. The van der Waals surface area contributed by atoms with Crippen molar-refractivity contribution in [2.75, 3.05) is 0 Å². The molecule has 8 nitrogen and oxygen atoms in total. The second-order valence-corrected chi connectivity index (χ2v) is 6.26. The van der Waals surface area contributed by atoms with Crippen LogP contribution < -0.4 is 11.0 Å². The summed E-state index contributed by atoms with van der Waals surface area (Å²) in [5.41, 5.74) is 1.97. The molecule has 0 fully saturated rings. The normalized spacial score (nSPS) is 12.4. The highest BCUT2D eigenvalue weighted by Crippen LogP contribution is 2.19. The van der Waals surface area contributed by atoms with Gasteiger partial charge in [0.15, 0.2) is 0 Å². The molecule has 2 aromatic rings. The third kappa shape index (κ3) is 4.06. The second-order valence-electron chi connectivity index (χ2n) is 6.26. The maximum absolute atomic E-state index is 12.4. The molecule has 0 aromatic carbocycles. The molecular formula is C16H24N6O2. The Hall–Kier alpha value is -2.51. The van der Waals surface area contributed by atoms with Gasteiger partial charge in [-0.15, -0.1) is 0 Å². The van der Waals surface area contributed by atoms with Crippen LogP contribution in [-0.2, 0) is 18.3 Å². The van der Waals surface area contributed by atoms with Crippen molar-refractivity contribution in [2.45, 2.75) is 46.6 Å². The zero-order chi connectivity index (χ0) is 17.9. The van der Waals surface area contributed by atoms with Crippen LogP contribution in [0.15, 0.2) is 11.1 Å². The molecule has 0 bridgehead atoms. The summed E-state index contributed by atoms with van der Waals surface area (Å²) in [6.45, 7) is 7.66. The molecule has 0 saturated carbocycles. The number of H-pyrrole nitrogens is 1. The predicted molar refractivity (Wildman–Crippen MR) is 89.4 cm³/mol. The van der Waals surface area contributed by atoms with Gasteiger partial charge in [-0.05, 0) is 31.7 Å². The van der Waals surface area contributed by atoms with Crippen molar-refractivity contribution < 1.29 is 4.79 Å². The van der Waals surface area contributed by atoms with Crippen molar-refractivity contribution in [1.82, 2.24) is 30.0 Å². The lowest BCUT2D eigenvalue weighted by Crippen LogP contribution is -2.33. The predicted octanol–water partition coefficient (Wildman–Crippen LogP) is 0.961. The number of carbonyl (C=O) groups excluding carboxylic acids is 1. The third-order valence-corrected chi connectivity index (χ3v) is 4.06. The van der Waals surface area contributed by atoms with Gasteiger partial charge in [0, 0.05) is 24.9 Å². The number of hydrogen-bond donors (Lipinski definition) is 2. The van der Waals surface area contributed by atoms with Gasteiger partial charge >= 0.3 is 5.69 Å². The van der Waals surface area contributed by atoms with Gasteiger partial charge in [0.2, 0.25) is 5.91 Å². The average molecular weight is 332 g/mol. The fraction of sp³-hybridized carbons (Fsp3) is 0.562. The number of aromatic nitrogens is 5. The van der Waals surface area contributed by atoms with E-state index in [1.54, 1.807) is 11.6 Å². The van der Waals surface area contributed by atoms with Crippen LogP contribution in [0.4, 0.5) is 0 Å². The number of nitrogens with one attached hydrogen (secondary N) is 2. The first-order chi connectivity index (χ1) is 11.3. The summed E-state index contributed by atoms with van der Waals surface area (Å²) >= 11 is 0. The Balaban J connectivity index is 2.05. The Kier molecular flexibility index (Phi) is 5.48. The van der Waals surface area contributed by atoms with Crippen LogP contribution in [0.2, 0.25) is 0 Å². The Morgan fingerprint density at radius 3 is 2.62 bits per heavy atom. The van der Waals surface area contributed by atoms with E-state index in [1.807, 2.05) is 27.8 Å². The van der Waals surface area contributed by atoms with Gasteiger partial charge in [0.05, 0.1) is 6.04 Å². The van der Waals surface area contributed by atoms with Gasteiger partial charge in [-0.2, -0.15) is 10.1 Å². The van der Waals surface area contributed by atoms with E-state index in [0.717, 1.165) is 17.1 Å². The van der Waals surface area contributed by atoms with E-state index in [1.165, 1.54) is 6.33 Å². The molecule has 0 spiro atoms. The van der Waals surface area contributed by atoms with E-state index in [0.29, 0.717) is 18.5 Å². The maximum atomic E-state index is 12.4. The van der Waals surface area contributed by atoms with E-state index in [9.17, 15) is 9.59 Å². The van der Waals surface area contributed by atoms with Gasteiger partial charge in [0.25, 0.3) is 0 Å². The monoisotopic (exact) mass is 332 g/mol. The maximum Gasteiger partial charge on any atom is 0.345 e. The van der Waals surface area contributed by atoms with Crippen LogP contribution >= 0.6 is 0 Å². The molecule has 0 aliphatic carbocycles. The highest BCUT2D eigenvalue weighted by Gasteiger charge is 2.22. The fourth-order valence-corrected chi connectivity index (χ4v) is 2.72. The van der Waals surface area contributed by atoms with Crippen molar-refractivity contribution in [3.8, 4) is 0 Å². The van der Waals surface area contributed by atoms with Crippen LogP contribution in [0, 0.1) is 19.8 Å². The molecule has 1 atom stereocenters. The van der Waals surface area contributed by atoms with Gasteiger partial charge in [-0.3, -0.25) is 9.48 Å². The minimum Gasteiger partial charge on any atom is -0.346 e. The number of rotatable bonds is 6. The highest BCUT2D eigenvalue weighted by molar-refractivity contribution is 5.76. The Morgan fingerprint density at radius 1 is 1.38 bits per heavy atom. The van der Waals surface area contributed by atoms with Crippen molar-refractivity contribution in [1.29, 1.82) is 0 Å². The first-order valence-corrected chi connectivity index (χ1v) is 7.99. The van der Waals surface area contributed by atoms with E-state index >= 15 is 0 Å². The van der Waals surface area contributed by atoms with Crippen molar-refractivity contribution >= 4 is 5.91 Å². The Morgan fingerprint density at radius 2 is 2.08 bits per heavy atom. The van der Waals surface area contributed by atoms with E-state index < -0.39 is 0 Å². The van der Waals surface area contributed by atoms with Crippen molar-refractivity contribution in [3.05, 3.63) is 39.6 Å². The lowest BCUT2D eigenvalue weighted by Gasteiger charge is -2.21. The van der Waals surface area contributed by atoms with Gasteiger partial charge in [-0.25, -0.2) is 9.78 Å². The van der Waals surface area contributed by atoms with Crippen LogP contribution in [-0.4, -0.2) is 30.6 Å². The molecule has 0 aliphatic rings. The van der Waals surface area contributed by atoms with Crippen LogP contribution in [0.5, 0.6) is 0 Å². The zero-order valence-electron chi connectivity index (χ0n) is 14.8. The first-order valence-electron chi connectivity index (χ1n) is 7.99. The summed E-state index contributed by atoms with van der Waals surface area (Å²) in [6.07, 6.45) is 2.32. The molecule has 0 unspecified atom stereocenters. The lowest BCUT2D eigenvalue weighted by atomic mass is 10.0. The molecule has 130 valence electrons. The lowest BCUT2D eigenvalue weighted by molar-refractivity contribution is -0.122. The zero-order valence-corrected chi connectivity index (χ0v) is 14.8. The summed E-state index contributed by atoms with van der Waals surface area (Å²) in [7, 11) is 1.81. The number of amides is 1. The molecule has 1 amide bonds. The topological polar surface area (TPSA) is 106 Å². The van der Waals surface area contributed by atoms with E-state index in [2.05, 4.69) is 25.4 Å². The molecule has 2 heterocycles. The summed E-state index contributed by atoms with van der Waals surface area (Å²) in [6, 6.07) is -0.194. The summed E-state index contributed by atoms with van der Waals surface area (Å²) in [5.74, 6) is 0.855. The summed E-state index contributed by atoms with van der Waals surface area (Å²) < 4.78 is 1.67. The Labute approximate surface area is 140 Å². The average Bonchev–Trinajstić information content (AvgIpc) is 2.89. The van der Waals surface area contributed by atoms with Gasteiger partial charge in [0.1, 0.15) is 12.2 Å². The van der Waals surface area contributed by atoms with Gasteiger partial charge < -0.3 is 10.3 Å². The molecule has 24 heavy (non-hydrogen) atoms. The minimum absolute atomic E-state index is 0.0679. The molecule has 0 aliphatic heterocycles. The van der Waals surface area contributed by atoms with Crippen molar-refractivity contribution in [2.24, 2.45) is 13.0 Å². The molecule has 2 aromatic heterocycles. The molecule has 0 saturated heterocycles. The highest BCUT2D eigenvalue weighted by atomic mass is 16.1. The second kappa shape index (κ2) is 7.37. The molecule has 2 N–H and O–H groups in total. The standard InChI is InChI=1S/C16H24N6O2/c1-9(2)14(15-17-8-18-22(15)5)21-13(23)7-6-12-10(3)19-16(24)20-11(12)4/h8-9,14H,6-7H2,1-5H3,(H,21,23)(H,19,20,24)/t14-/m1/s1. The van der Waals surface area contributed by atoms with E-state index in [4.69, 9.17) is 0 Å². The quantitative estimate of drug-likeness (QED) is 0.819. The molecule has 2 rings (SSSR count). The fourth-order valence-electron chi connectivity index (χ4n) is 2.72. The Bertz CT molecular complexity index is 751. The van der Waals surface area contributed by atoms with Crippen LogP contribution in [0.1, 0.15) is 49.1 Å². The van der Waals surface area contributed by atoms with E-state index in [-0.39, 0.29) is 23.6 Å². The minimum atomic E-state index is -0.361. The molecular weight excluding hydrogens is 308 g/mol. The molecule has 0 radical (unpaired) electrons. The third-order valence-electron chi connectivity index (χ3n) is 4.06. The molecule has 8 heteroatoms. The van der Waals surface area contributed by atoms with Crippen LogP contribution in [0.25, 0.3) is 0 Å². The number of carbonyl (C=O) groups is 1. The van der Waals surface area contributed by atoms with Crippen molar-refractivity contribution in [3.63, 3.8) is 0 Å². The summed E-state index contributed by atoms with van der Waals surface area (Å²) in [4.78, 5) is 34.5. The number of aromatic amines is 1. The van der Waals surface area contributed by atoms with Crippen LogP contribution in [0.3, 0.4) is 0 Å². The van der Waals surface area contributed by atoms with Gasteiger partial charge in [-0.1, -0.05) is 13.8 Å². The smallest absolute Gasteiger partial charge is 0.345 e. The number of aryl methyl sites for hydroxylation is 3. The SMILES string of the molecule is Cc1nc(=O)[nH]c(C)c1CCC(=O)N[C@@H](c1ncnn1C)C(C)C. The first kappa shape index (κ1) is 17.8. The number of hydrogen-bond acceptors (Lipinski definition) is 5.